The molecule has 1 aliphatic rings. The number of aromatic nitrogens is 1. The summed E-state index contributed by atoms with van der Waals surface area (Å²) in [7, 11) is 0. The van der Waals surface area contributed by atoms with Gasteiger partial charge in [0.15, 0.2) is 5.76 Å². The van der Waals surface area contributed by atoms with E-state index in [4.69, 9.17) is 10.3 Å². The van der Waals surface area contributed by atoms with Gasteiger partial charge in [-0.15, -0.1) is 0 Å². The van der Waals surface area contributed by atoms with Gasteiger partial charge < -0.3 is 15.2 Å². The van der Waals surface area contributed by atoms with E-state index in [1.165, 1.54) is 12.1 Å². The number of aryl methyl sites for hydroxylation is 1. The van der Waals surface area contributed by atoms with E-state index in [0.717, 1.165) is 24.6 Å². The van der Waals surface area contributed by atoms with E-state index in [1.807, 2.05) is 13.0 Å². The molecule has 5 nitrogen and oxygen atoms in total. The number of anilines is 1. The molecule has 2 N–H and O–H groups in total. The molecule has 2 aromatic rings. The maximum atomic E-state index is 13.1. The van der Waals surface area contributed by atoms with Crippen molar-refractivity contribution in [2.75, 3.05) is 12.3 Å². The van der Waals surface area contributed by atoms with Crippen LogP contribution in [0.5, 0.6) is 0 Å². The number of rotatable bonds is 2. The van der Waals surface area contributed by atoms with Crippen LogP contribution in [0, 0.1) is 12.7 Å². The number of hydrogen-bond donors (Lipinski definition) is 1. The summed E-state index contributed by atoms with van der Waals surface area (Å²) in [6.45, 7) is 2.46. The van der Waals surface area contributed by atoms with Gasteiger partial charge in [-0.3, -0.25) is 4.79 Å². The van der Waals surface area contributed by atoms with E-state index in [1.54, 1.807) is 4.90 Å². The Morgan fingerprint density at radius 2 is 2.29 bits per heavy atom. The number of amides is 1. The molecule has 1 aromatic heterocycles. The van der Waals surface area contributed by atoms with E-state index in [-0.39, 0.29) is 17.6 Å². The summed E-state index contributed by atoms with van der Waals surface area (Å²) in [6.07, 6.45) is 1.71. The number of carbonyl (C=O) groups excluding carboxylic acids is 1. The van der Waals surface area contributed by atoms with E-state index in [2.05, 4.69) is 5.16 Å². The van der Waals surface area contributed by atoms with Crippen LogP contribution in [0.15, 0.2) is 28.8 Å². The van der Waals surface area contributed by atoms with Crippen molar-refractivity contribution >= 4 is 11.6 Å². The van der Waals surface area contributed by atoms with E-state index in [9.17, 15) is 9.18 Å². The predicted octanol–water partition coefficient (Wildman–Crippen LogP) is 2.68. The molecule has 1 unspecified atom stereocenters. The Morgan fingerprint density at radius 3 is 2.95 bits per heavy atom. The van der Waals surface area contributed by atoms with Crippen molar-refractivity contribution in [3.05, 3.63) is 47.1 Å². The third-order valence-corrected chi connectivity index (χ3v) is 3.73. The second-order valence-corrected chi connectivity index (χ2v) is 5.26. The molecule has 110 valence electrons. The molecule has 1 atom stereocenters. The number of nitrogens with zero attached hydrogens (tertiary/aromatic N) is 2. The summed E-state index contributed by atoms with van der Waals surface area (Å²) in [6, 6.07) is 5.53. The second kappa shape index (κ2) is 5.20. The highest BCUT2D eigenvalue weighted by Crippen LogP contribution is 2.34. The van der Waals surface area contributed by atoms with Gasteiger partial charge in [0.1, 0.15) is 5.82 Å². The molecule has 1 fully saturated rings. The first-order chi connectivity index (χ1) is 10.1. The first-order valence-corrected chi connectivity index (χ1v) is 6.85. The summed E-state index contributed by atoms with van der Waals surface area (Å²) in [5.41, 5.74) is 7.01. The smallest absolute Gasteiger partial charge is 0.256 e. The average molecular weight is 289 g/mol. The van der Waals surface area contributed by atoms with Crippen molar-refractivity contribution in [3.63, 3.8) is 0 Å². The lowest BCUT2D eigenvalue weighted by atomic mass is 10.1. The summed E-state index contributed by atoms with van der Waals surface area (Å²) >= 11 is 0. The van der Waals surface area contributed by atoms with Crippen molar-refractivity contribution in [1.82, 2.24) is 10.1 Å². The molecule has 1 saturated heterocycles. The van der Waals surface area contributed by atoms with Crippen LogP contribution in [0.25, 0.3) is 0 Å². The van der Waals surface area contributed by atoms with Crippen LogP contribution in [-0.2, 0) is 0 Å². The van der Waals surface area contributed by atoms with Gasteiger partial charge >= 0.3 is 0 Å². The molecule has 1 amide bonds. The summed E-state index contributed by atoms with van der Waals surface area (Å²) in [5.74, 6) is 0.0240. The fraction of sp³-hybridized carbons (Fsp3) is 0.333. The first kappa shape index (κ1) is 13.6. The Labute approximate surface area is 121 Å². The molecule has 0 spiro atoms. The largest absolute Gasteiger partial charge is 0.398 e. The van der Waals surface area contributed by atoms with Crippen LogP contribution < -0.4 is 5.73 Å². The van der Waals surface area contributed by atoms with E-state index < -0.39 is 5.82 Å². The summed E-state index contributed by atoms with van der Waals surface area (Å²) < 4.78 is 18.4. The predicted molar refractivity (Wildman–Crippen MR) is 75.1 cm³/mol. The van der Waals surface area contributed by atoms with Crippen molar-refractivity contribution in [2.24, 2.45) is 0 Å². The van der Waals surface area contributed by atoms with Gasteiger partial charge in [-0.25, -0.2) is 4.39 Å². The van der Waals surface area contributed by atoms with E-state index in [0.29, 0.717) is 17.9 Å². The Bertz CT molecular complexity index is 683. The van der Waals surface area contributed by atoms with Crippen molar-refractivity contribution < 1.29 is 13.7 Å². The molecular weight excluding hydrogens is 273 g/mol. The number of nitrogen functional groups attached to an aromatic ring is 1. The van der Waals surface area contributed by atoms with Crippen LogP contribution in [0.3, 0.4) is 0 Å². The normalized spacial score (nSPS) is 18.2. The van der Waals surface area contributed by atoms with Gasteiger partial charge in [-0.2, -0.15) is 0 Å². The van der Waals surface area contributed by atoms with Crippen LogP contribution in [0.1, 0.15) is 40.7 Å². The second-order valence-electron chi connectivity index (χ2n) is 5.26. The highest BCUT2D eigenvalue weighted by atomic mass is 19.1. The molecule has 6 heteroatoms. The molecular formula is C15H16FN3O2. The lowest BCUT2D eigenvalue weighted by Crippen LogP contribution is -2.31. The quantitative estimate of drug-likeness (QED) is 0.863. The number of nitrogens with two attached hydrogens (primary N) is 1. The molecule has 2 heterocycles. The van der Waals surface area contributed by atoms with Gasteiger partial charge in [-0.1, -0.05) is 5.16 Å². The molecule has 0 bridgehead atoms. The van der Waals surface area contributed by atoms with Crippen molar-refractivity contribution in [2.45, 2.75) is 25.8 Å². The minimum absolute atomic E-state index is 0.136. The Morgan fingerprint density at radius 1 is 1.48 bits per heavy atom. The Hall–Kier alpha value is -2.37. The zero-order valence-corrected chi connectivity index (χ0v) is 11.7. The summed E-state index contributed by atoms with van der Waals surface area (Å²) in [5, 5.41) is 3.87. The highest BCUT2D eigenvalue weighted by Gasteiger charge is 2.33. The van der Waals surface area contributed by atoms with Gasteiger partial charge in [0, 0.05) is 18.3 Å². The molecule has 1 aromatic carbocycles. The monoisotopic (exact) mass is 289 g/mol. The standard InChI is InChI=1S/C15H16FN3O2/c1-9-7-14(21-18-9)13-3-2-6-19(13)15(20)11-5-4-10(16)8-12(11)17/h4-5,7-8,13H,2-3,6,17H2,1H3. The van der Waals surface area contributed by atoms with Crippen LogP contribution >= 0.6 is 0 Å². The van der Waals surface area contributed by atoms with Crippen molar-refractivity contribution in [3.8, 4) is 0 Å². The number of carbonyl (C=O) groups is 1. The number of halogens is 1. The molecule has 21 heavy (non-hydrogen) atoms. The van der Waals surface area contributed by atoms with Gasteiger partial charge in [0.05, 0.1) is 17.3 Å². The minimum atomic E-state index is -0.451. The Kier molecular flexibility index (Phi) is 3.37. The SMILES string of the molecule is Cc1cc(C2CCCN2C(=O)c2ccc(F)cc2N)on1. The third-order valence-electron chi connectivity index (χ3n) is 3.73. The van der Waals surface area contributed by atoms with Gasteiger partial charge in [0.2, 0.25) is 0 Å². The maximum absolute atomic E-state index is 13.1. The molecule has 0 radical (unpaired) electrons. The van der Waals surface area contributed by atoms with Crippen molar-refractivity contribution in [1.29, 1.82) is 0 Å². The lowest BCUT2D eigenvalue weighted by Gasteiger charge is -2.23. The zero-order chi connectivity index (χ0) is 15.0. The van der Waals surface area contributed by atoms with Gasteiger partial charge in [-0.05, 0) is 38.0 Å². The molecule has 3 rings (SSSR count). The fourth-order valence-electron chi connectivity index (χ4n) is 2.73. The topological polar surface area (TPSA) is 72.4 Å². The first-order valence-electron chi connectivity index (χ1n) is 6.85. The van der Waals surface area contributed by atoms with E-state index >= 15 is 0 Å². The fourth-order valence-corrected chi connectivity index (χ4v) is 2.73. The number of hydrogen-bond acceptors (Lipinski definition) is 4. The Balaban J connectivity index is 1.89. The lowest BCUT2D eigenvalue weighted by molar-refractivity contribution is 0.0715. The van der Waals surface area contributed by atoms with Crippen LogP contribution in [0.2, 0.25) is 0 Å². The molecule has 0 saturated carbocycles. The average Bonchev–Trinajstić information content (AvgIpc) is 3.06. The maximum Gasteiger partial charge on any atom is 0.256 e. The zero-order valence-electron chi connectivity index (χ0n) is 11.7. The minimum Gasteiger partial charge on any atom is -0.398 e. The third kappa shape index (κ3) is 2.49. The highest BCUT2D eigenvalue weighted by molar-refractivity contribution is 5.99. The van der Waals surface area contributed by atoms with Crippen LogP contribution in [-0.4, -0.2) is 22.5 Å². The van der Waals surface area contributed by atoms with Gasteiger partial charge in [0.25, 0.3) is 5.91 Å². The molecule has 1 aliphatic heterocycles. The number of likely N-dealkylation sites (tertiary alicyclic amines) is 1. The molecule has 0 aliphatic carbocycles. The van der Waals surface area contributed by atoms with Crippen LogP contribution in [0.4, 0.5) is 10.1 Å². The number of benzene rings is 1. The summed E-state index contributed by atoms with van der Waals surface area (Å²) in [4.78, 5) is 14.3.